The van der Waals surface area contributed by atoms with E-state index in [1.807, 2.05) is 13.0 Å². The standard InChI is InChI=1S/C25H23BN4O/c1-17-13-14-20-21-15-26(28(3)16-24(21)31-25(20)27-17)30-18(2)29(19-9-5-4-6-10-19)22-11-7-8-12-23(22)30/h4-16,18H,1-3H3/t18-/m0/s1. The molecule has 6 heteroatoms. The van der Waals surface area contributed by atoms with Crippen molar-refractivity contribution in [3.8, 4) is 0 Å². The van der Waals surface area contributed by atoms with E-state index in [1.54, 1.807) is 0 Å². The van der Waals surface area contributed by atoms with Crippen LogP contribution < -0.4 is 20.3 Å². The predicted molar refractivity (Wildman–Crippen MR) is 127 cm³/mol. The largest absolute Gasteiger partial charge is 0.436 e. The van der Waals surface area contributed by atoms with Gasteiger partial charge in [0.05, 0.1) is 17.5 Å². The maximum absolute atomic E-state index is 6.07. The number of hydrogen-bond donors (Lipinski definition) is 0. The molecule has 5 nitrogen and oxygen atoms in total. The first-order valence-electron chi connectivity index (χ1n) is 10.7. The Hall–Kier alpha value is -3.67. The highest BCUT2D eigenvalue weighted by molar-refractivity contribution is 6.75. The fraction of sp³-hybridized carbons (Fsp3) is 0.160. The summed E-state index contributed by atoms with van der Waals surface area (Å²) in [5.74, 6) is 2.31. The zero-order valence-corrected chi connectivity index (χ0v) is 17.9. The molecular weight excluding hydrogens is 383 g/mol. The predicted octanol–water partition coefficient (Wildman–Crippen LogP) is 3.63. The number of aromatic nitrogens is 1. The van der Waals surface area contributed by atoms with E-state index in [1.165, 1.54) is 17.1 Å². The molecule has 0 fully saturated rings. The van der Waals surface area contributed by atoms with Crippen LogP contribution in [0.25, 0.3) is 23.3 Å². The summed E-state index contributed by atoms with van der Waals surface area (Å²) in [7, 11) is 2.11. The van der Waals surface area contributed by atoms with Crippen molar-refractivity contribution in [3.63, 3.8) is 0 Å². The monoisotopic (exact) mass is 406 g/mol. The number of pyridine rings is 1. The second kappa shape index (κ2) is 6.67. The molecule has 0 aliphatic carbocycles. The summed E-state index contributed by atoms with van der Waals surface area (Å²) in [6.45, 7) is 4.31. The van der Waals surface area contributed by atoms with Crippen LogP contribution in [0.2, 0.25) is 0 Å². The second-order valence-corrected chi connectivity index (χ2v) is 8.29. The lowest BCUT2D eigenvalue weighted by Gasteiger charge is -2.37. The third-order valence-corrected chi connectivity index (χ3v) is 6.33. The summed E-state index contributed by atoms with van der Waals surface area (Å²) in [4.78, 5) is 11.7. The Morgan fingerprint density at radius 1 is 0.935 bits per heavy atom. The SMILES string of the molecule is Cc1ccc2c3c(oc2n1)=CN(C)B(N1c2ccccc2N(c2ccccc2)[C@@H]1C)C=3. The molecule has 0 amide bonds. The molecule has 2 aliphatic rings. The Labute approximate surface area is 181 Å². The molecule has 0 unspecified atom stereocenters. The van der Waals surface area contributed by atoms with Crippen LogP contribution in [-0.4, -0.2) is 30.0 Å². The van der Waals surface area contributed by atoms with Crippen LogP contribution in [0.5, 0.6) is 0 Å². The van der Waals surface area contributed by atoms with E-state index in [0.29, 0.717) is 5.71 Å². The molecule has 4 heterocycles. The lowest BCUT2D eigenvalue weighted by molar-refractivity contribution is 0.550. The van der Waals surface area contributed by atoms with Gasteiger partial charge < -0.3 is 18.9 Å². The molecule has 0 saturated heterocycles. The number of hydrogen-bond acceptors (Lipinski definition) is 5. The van der Waals surface area contributed by atoms with Gasteiger partial charge in [0.25, 0.3) is 0 Å². The molecule has 0 spiro atoms. The minimum absolute atomic E-state index is 0.0551. The van der Waals surface area contributed by atoms with Gasteiger partial charge in [0, 0.05) is 28.2 Å². The number of nitrogens with zero attached hydrogens (tertiary/aromatic N) is 4. The molecule has 0 saturated carbocycles. The average molecular weight is 406 g/mol. The summed E-state index contributed by atoms with van der Waals surface area (Å²) in [6, 6.07) is 23.4. The number of para-hydroxylation sites is 3. The summed E-state index contributed by atoms with van der Waals surface area (Å²) in [5, 5.41) is 2.18. The highest BCUT2D eigenvalue weighted by Gasteiger charge is 2.41. The van der Waals surface area contributed by atoms with Crippen LogP contribution in [0.1, 0.15) is 12.6 Å². The topological polar surface area (TPSA) is 35.8 Å². The molecule has 2 aliphatic heterocycles. The third-order valence-electron chi connectivity index (χ3n) is 6.33. The summed E-state index contributed by atoms with van der Waals surface area (Å²) in [5.41, 5.74) is 6.18. The molecule has 31 heavy (non-hydrogen) atoms. The first kappa shape index (κ1) is 18.1. The Morgan fingerprint density at radius 3 is 2.48 bits per heavy atom. The molecule has 152 valence electrons. The van der Waals surface area contributed by atoms with E-state index < -0.39 is 0 Å². The highest BCUT2D eigenvalue weighted by Crippen LogP contribution is 2.44. The lowest BCUT2D eigenvalue weighted by Crippen LogP contribution is -2.56. The molecule has 1 atom stereocenters. The van der Waals surface area contributed by atoms with Crippen molar-refractivity contribution in [1.29, 1.82) is 0 Å². The maximum atomic E-state index is 6.07. The van der Waals surface area contributed by atoms with Crippen LogP contribution in [0, 0.1) is 6.92 Å². The Balaban J connectivity index is 1.52. The maximum Gasteiger partial charge on any atom is 0.405 e. The molecule has 6 rings (SSSR count). The molecule has 0 bridgehead atoms. The van der Waals surface area contributed by atoms with Gasteiger partial charge in [-0.3, -0.25) is 0 Å². The van der Waals surface area contributed by atoms with Crippen molar-refractivity contribution in [1.82, 2.24) is 9.79 Å². The van der Waals surface area contributed by atoms with Crippen LogP contribution >= 0.6 is 0 Å². The van der Waals surface area contributed by atoms with Crippen LogP contribution in [0.15, 0.2) is 71.1 Å². The second-order valence-electron chi connectivity index (χ2n) is 8.29. The van der Waals surface area contributed by atoms with Gasteiger partial charge in [0.2, 0.25) is 5.71 Å². The average Bonchev–Trinajstić information content (AvgIpc) is 3.26. The highest BCUT2D eigenvalue weighted by atomic mass is 16.3. The Morgan fingerprint density at radius 2 is 1.68 bits per heavy atom. The molecular formula is C25H23BN4O. The van der Waals surface area contributed by atoms with Crippen LogP contribution in [0.4, 0.5) is 17.1 Å². The van der Waals surface area contributed by atoms with Crippen molar-refractivity contribution < 1.29 is 4.42 Å². The summed E-state index contributed by atoms with van der Waals surface area (Å²) >= 11 is 0. The minimum atomic E-state index is 0.0551. The minimum Gasteiger partial charge on any atom is -0.436 e. The summed E-state index contributed by atoms with van der Waals surface area (Å²) < 4.78 is 6.07. The fourth-order valence-electron chi connectivity index (χ4n) is 4.90. The number of fused-ring (bicyclic) bond motifs is 4. The van der Waals surface area contributed by atoms with Gasteiger partial charge in [0.1, 0.15) is 0 Å². The number of aryl methyl sites for hydroxylation is 1. The number of furan rings is 1. The van der Waals surface area contributed by atoms with Gasteiger partial charge in [0.15, 0.2) is 5.42 Å². The van der Waals surface area contributed by atoms with Crippen molar-refractivity contribution >= 4 is 47.3 Å². The smallest absolute Gasteiger partial charge is 0.405 e. The Kier molecular flexibility index (Phi) is 3.90. The van der Waals surface area contributed by atoms with Gasteiger partial charge in [-0.05, 0) is 57.3 Å². The van der Waals surface area contributed by atoms with Gasteiger partial charge in [-0.1, -0.05) is 36.3 Å². The van der Waals surface area contributed by atoms with E-state index in [0.717, 1.165) is 21.7 Å². The Bertz CT molecular complexity index is 1410. The van der Waals surface area contributed by atoms with Crippen LogP contribution in [0.3, 0.4) is 0 Å². The van der Waals surface area contributed by atoms with Crippen molar-refractivity contribution in [2.24, 2.45) is 0 Å². The van der Waals surface area contributed by atoms with Gasteiger partial charge in [-0.2, -0.15) is 0 Å². The van der Waals surface area contributed by atoms with E-state index in [2.05, 4.69) is 106 Å². The van der Waals surface area contributed by atoms with Gasteiger partial charge in [-0.15, -0.1) is 0 Å². The zero-order valence-electron chi connectivity index (χ0n) is 17.9. The molecule has 0 N–H and O–H groups in total. The van der Waals surface area contributed by atoms with E-state index in [4.69, 9.17) is 4.42 Å². The first-order valence-corrected chi connectivity index (χ1v) is 10.7. The van der Waals surface area contributed by atoms with Gasteiger partial charge >= 0.3 is 6.98 Å². The lowest BCUT2D eigenvalue weighted by atomic mass is 9.69. The van der Waals surface area contributed by atoms with Crippen molar-refractivity contribution in [2.75, 3.05) is 16.8 Å². The van der Waals surface area contributed by atoms with E-state index in [-0.39, 0.29) is 13.1 Å². The number of rotatable bonds is 2. The first-order chi connectivity index (χ1) is 15.1. The van der Waals surface area contributed by atoms with Gasteiger partial charge in [-0.25, -0.2) is 4.98 Å². The quantitative estimate of drug-likeness (QED) is 0.475. The number of benzene rings is 2. The normalized spacial score (nSPS) is 17.5. The molecule has 2 aromatic carbocycles. The third kappa shape index (κ3) is 2.68. The van der Waals surface area contributed by atoms with E-state index in [9.17, 15) is 0 Å². The van der Waals surface area contributed by atoms with Crippen LogP contribution in [-0.2, 0) is 0 Å². The van der Waals surface area contributed by atoms with Crippen molar-refractivity contribution in [3.05, 3.63) is 83.1 Å². The fourth-order valence-corrected chi connectivity index (χ4v) is 4.90. The zero-order chi connectivity index (χ0) is 21.1. The molecule has 2 aromatic heterocycles. The van der Waals surface area contributed by atoms with E-state index >= 15 is 0 Å². The molecule has 0 radical (unpaired) electrons. The summed E-state index contributed by atoms with van der Waals surface area (Å²) in [6.07, 6.45) is 2.24. The molecule has 4 aromatic rings. The van der Waals surface area contributed by atoms with Crippen molar-refractivity contribution in [2.45, 2.75) is 20.0 Å². The number of anilines is 3.